The number of hydrogen-bond acceptors (Lipinski definition) is 3. The fourth-order valence-electron chi connectivity index (χ4n) is 3.62. The van der Waals surface area contributed by atoms with E-state index in [0.29, 0.717) is 19.8 Å². The number of hydrogen-bond donors (Lipinski definition) is 0. The fourth-order valence-corrected chi connectivity index (χ4v) is 3.62. The molecular formula is C22H25NO3. The van der Waals surface area contributed by atoms with Crippen LogP contribution in [0.1, 0.15) is 25.0 Å². The second-order valence-corrected chi connectivity index (χ2v) is 7.01. The molecule has 1 amide bonds. The number of carbonyl (C=O) groups is 2. The number of carbonyl (C=O) groups excluding carboxylic acids is 2. The number of ether oxygens (including phenoxy) is 1. The van der Waals surface area contributed by atoms with E-state index in [4.69, 9.17) is 4.74 Å². The van der Waals surface area contributed by atoms with Crippen LogP contribution < -0.4 is 0 Å². The Hall–Kier alpha value is -2.46. The van der Waals surface area contributed by atoms with Crippen LogP contribution in [-0.4, -0.2) is 29.2 Å². The lowest BCUT2D eigenvalue weighted by Crippen LogP contribution is -2.65. The van der Waals surface area contributed by atoms with Crippen LogP contribution in [-0.2, 0) is 27.5 Å². The van der Waals surface area contributed by atoms with Crippen molar-refractivity contribution in [1.82, 2.24) is 4.90 Å². The SMILES string of the molecule is CC(=O)[C@@H]1C(=O)N(Cc2ccccc2)[C@H]1C(C)COCc1ccccc1. The van der Waals surface area contributed by atoms with Crippen molar-refractivity contribution < 1.29 is 14.3 Å². The van der Waals surface area contributed by atoms with Crippen LogP contribution in [0.3, 0.4) is 0 Å². The molecule has 1 unspecified atom stereocenters. The largest absolute Gasteiger partial charge is 0.376 e. The Morgan fingerprint density at radius 2 is 1.62 bits per heavy atom. The summed E-state index contributed by atoms with van der Waals surface area (Å²) in [6, 6.07) is 19.8. The molecule has 0 aliphatic carbocycles. The van der Waals surface area contributed by atoms with E-state index in [0.717, 1.165) is 11.1 Å². The van der Waals surface area contributed by atoms with E-state index >= 15 is 0 Å². The predicted molar refractivity (Wildman–Crippen MR) is 100 cm³/mol. The zero-order chi connectivity index (χ0) is 18.5. The number of benzene rings is 2. The minimum Gasteiger partial charge on any atom is -0.376 e. The summed E-state index contributed by atoms with van der Waals surface area (Å²) in [5, 5.41) is 0. The number of amides is 1. The van der Waals surface area contributed by atoms with E-state index in [1.807, 2.05) is 65.6 Å². The van der Waals surface area contributed by atoms with E-state index in [1.165, 1.54) is 6.92 Å². The van der Waals surface area contributed by atoms with Crippen LogP contribution in [0.2, 0.25) is 0 Å². The molecule has 0 aromatic heterocycles. The Kier molecular flexibility index (Phi) is 5.84. The van der Waals surface area contributed by atoms with Crippen LogP contribution in [0.15, 0.2) is 60.7 Å². The number of Topliss-reactive ketones (excluding diaryl/α,β-unsaturated/α-hetero) is 1. The van der Waals surface area contributed by atoms with Crippen LogP contribution >= 0.6 is 0 Å². The molecule has 1 fully saturated rings. The fraction of sp³-hybridized carbons (Fsp3) is 0.364. The number of β-lactam (4-membered cyclic amide) rings is 1. The summed E-state index contributed by atoms with van der Waals surface area (Å²) in [5.74, 6) is -0.566. The lowest BCUT2D eigenvalue weighted by atomic mass is 9.77. The number of nitrogens with zero attached hydrogens (tertiary/aromatic N) is 1. The first kappa shape index (κ1) is 18.3. The second kappa shape index (κ2) is 8.28. The standard InChI is InChI=1S/C22H25NO3/c1-16(14-26-15-19-11-7-4-8-12-19)21-20(17(2)24)22(25)23(21)13-18-9-5-3-6-10-18/h3-12,16,20-21H,13-15H2,1-2H3/t16?,20-,21-/m0/s1. The third-order valence-electron chi connectivity index (χ3n) is 4.96. The predicted octanol–water partition coefficient (Wildman–Crippen LogP) is 3.46. The molecule has 1 aliphatic rings. The van der Waals surface area contributed by atoms with E-state index in [1.54, 1.807) is 0 Å². The first-order chi connectivity index (χ1) is 12.6. The molecule has 136 valence electrons. The van der Waals surface area contributed by atoms with Gasteiger partial charge in [0.1, 0.15) is 11.7 Å². The monoisotopic (exact) mass is 351 g/mol. The van der Waals surface area contributed by atoms with Crippen LogP contribution in [0.4, 0.5) is 0 Å². The Morgan fingerprint density at radius 3 is 2.19 bits per heavy atom. The van der Waals surface area contributed by atoms with Crippen molar-refractivity contribution in [2.24, 2.45) is 11.8 Å². The number of rotatable bonds is 8. The maximum atomic E-state index is 12.5. The van der Waals surface area contributed by atoms with Gasteiger partial charge >= 0.3 is 0 Å². The van der Waals surface area contributed by atoms with Gasteiger partial charge in [-0.25, -0.2) is 0 Å². The summed E-state index contributed by atoms with van der Waals surface area (Å²) in [7, 11) is 0. The zero-order valence-electron chi connectivity index (χ0n) is 15.3. The quantitative estimate of drug-likeness (QED) is 0.540. The summed E-state index contributed by atoms with van der Waals surface area (Å²) < 4.78 is 5.85. The molecule has 0 radical (unpaired) electrons. The third kappa shape index (κ3) is 4.02. The summed E-state index contributed by atoms with van der Waals surface area (Å²) >= 11 is 0. The van der Waals surface area contributed by atoms with E-state index in [-0.39, 0.29) is 23.7 Å². The molecule has 1 heterocycles. The van der Waals surface area contributed by atoms with Gasteiger partial charge < -0.3 is 9.64 Å². The van der Waals surface area contributed by atoms with E-state index < -0.39 is 5.92 Å². The molecule has 3 atom stereocenters. The van der Waals surface area contributed by atoms with Gasteiger partial charge in [0.15, 0.2) is 0 Å². The molecule has 2 aromatic rings. The van der Waals surface area contributed by atoms with Gasteiger partial charge in [0, 0.05) is 12.5 Å². The lowest BCUT2D eigenvalue weighted by Gasteiger charge is -2.49. The van der Waals surface area contributed by atoms with Crippen molar-refractivity contribution in [2.75, 3.05) is 6.61 Å². The third-order valence-corrected chi connectivity index (χ3v) is 4.96. The molecule has 1 aliphatic heterocycles. The van der Waals surface area contributed by atoms with Crippen LogP contribution in [0, 0.1) is 11.8 Å². The second-order valence-electron chi connectivity index (χ2n) is 7.01. The van der Waals surface area contributed by atoms with Gasteiger partial charge in [0.2, 0.25) is 5.91 Å². The smallest absolute Gasteiger partial charge is 0.235 e. The zero-order valence-corrected chi connectivity index (χ0v) is 15.3. The van der Waals surface area contributed by atoms with Gasteiger partial charge in [0.05, 0.1) is 19.3 Å². The van der Waals surface area contributed by atoms with Gasteiger partial charge in [-0.15, -0.1) is 0 Å². The van der Waals surface area contributed by atoms with Gasteiger partial charge in [-0.2, -0.15) is 0 Å². The molecule has 2 aromatic carbocycles. The molecule has 0 N–H and O–H groups in total. The molecule has 0 bridgehead atoms. The molecular weight excluding hydrogens is 326 g/mol. The van der Waals surface area contributed by atoms with Crippen LogP contribution in [0.5, 0.6) is 0 Å². The lowest BCUT2D eigenvalue weighted by molar-refractivity contribution is -0.166. The van der Waals surface area contributed by atoms with Crippen molar-refractivity contribution in [3.63, 3.8) is 0 Å². The summed E-state index contributed by atoms with van der Waals surface area (Å²) in [6.07, 6.45) is 0. The Bertz CT molecular complexity index is 744. The van der Waals surface area contributed by atoms with Crippen molar-refractivity contribution in [2.45, 2.75) is 33.0 Å². The maximum absolute atomic E-state index is 12.5. The maximum Gasteiger partial charge on any atom is 0.235 e. The Balaban J connectivity index is 1.62. The molecule has 3 rings (SSSR count). The molecule has 4 nitrogen and oxygen atoms in total. The normalized spacial score (nSPS) is 20.5. The Morgan fingerprint density at radius 1 is 1.04 bits per heavy atom. The van der Waals surface area contributed by atoms with Crippen LogP contribution in [0.25, 0.3) is 0 Å². The Labute approximate surface area is 154 Å². The first-order valence-electron chi connectivity index (χ1n) is 9.04. The molecule has 0 spiro atoms. The van der Waals surface area contributed by atoms with Crippen molar-refractivity contribution in [3.05, 3.63) is 71.8 Å². The van der Waals surface area contributed by atoms with Crippen molar-refractivity contribution in [3.8, 4) is 0 Å². The average molecular weight is 351 g/mol. The first-order valence-corrected chi connectivity index (χ1v) is 9.04. The number of ketones is 1. The summed E-state index contributed by atoms with van der Waals surface area (Å²) in [5.41, 5.74) is 2.19. The summed E-state index contributed by atoms with van der Waals surface area (Å²) in [6.45, 7) is 5.15. The molecule has 1 saturated heterocycles. The number of likely N-dealkylation sites (tertiary alicyclic amines) is 1. The average Bonchev–Trinajstić information content (AvgIpc) is 2.65. The van der Waals surface area contributed by atoms with Crippen molar-refractivity contribution >= 4 is 11.7 Å². The molecule has 0 saturated carbocycles. The molecule has 4 heteroatoms. The van der Waals surface area contributed by atoms with Gasteiger partial charge in [0.25, 0.3) is 0 Å². The minimum atomic E-state index is -0.533. The van der Waals surface area contributed by atoms with E-state index in [9.17, 15) is 9.59 Å². The van der Waals surface area contributed by atoms with Gasteiger partial charge in [-0.3, -0.25) is 9.59 Å². The highest BCUT2D eigenvalue weighted by atomic mass is 16.5. The van der Waals surface area contributed by atoms with Gasteiger partial charge in [-0.1, -0.05) is 67.6 Å². The topological polar surface area (TPSA) is 46.6 Å². The highest BCUT2D eigenvalue weighted by Crippen LogP contribution is 2.34. The van der Waals surface area contributed by atoms with Crippen molar-refractivity contribution in [1.29, 1.82) is 0 Å². The van der Waals surface area contributed by atoms with E-state index in [2.05, 4.69) is 6.92 Å². The minimum absolute atomic E-state index is 0.0563. The highest BCUT2D eigenvalue weighted by Gasteiger charge is 2.51. The molecule has 26 heavy (non-hydrogen) atoms. The van der Waals surface area contributed by atoms with Gasteiger partial charge in [-0.05, 0) is 18.1 Å². The highest BCUT2D eigenvalue weighted by molar-refractivity contribution is 6.05. The summed E-state index contributed by atoms with van der Waals surface area (Å²) in [4.78, 5) is 26.3.